The molecular formula is C13H19F3N2O3. The number of halogens is 3. The van der Waals surface area contributed by atoms with Crippen molar-refractivity contribution in [3.63, 3.8) is 0 Å². The summed E-state index contributed by atoms with van der Waals surface area (Å²) < 4.78 is 40.3. The minimum absolute atomic E-state index is 0.0175. The lowest BCUT2D eigenvalue weighted by molar-refractivity contribution is -0.200. The van der Waals surface area contributed by atoms with Crippen LogP contribution in [0.1, 0.15) is 25.7 Å². The van der Waals surface area contributed by atoms with Crippen molar-refractivity contribution in [2.75, 3.05) is 26.2 Å². The average molecular weight is 308 g/mol. The van der Waals surface area contributed by atoms with E-state index in [0.29, 0.717) is 12.5 Å². The van der Waals surface area contributed by atoms with Gasteiger partial charge >= 0.3 is 12.1 Å². The number of hydrogen-bond donors (Lipinski definition) is 1. The third kappa shape index (κ3) is 4.87. The van der Waals surface area contributed by atoms with E-state index in [9.17, 15) is 22.8 Å². The molecule has 1 saturated carbocycles. The lowest BCUT2D eigenvalue weighted by Gasteiger charge is -2.34. The maximum Gasteiger partial charge on any atom is 0.490 e. The molecule has 0 aromatic rings. The molecule has 0 aromatic carbocycles. The fourth-order valence-corrected chi connectivity index (χ4v) is 2.44. The molecule has 0 aromatic heterocycles. The van der Waals surface area contributed by atoms with Gasteiger partial charge < -0.3 is 15.0 Å². The molecule has 1 saturated heterocycles. The minimum atomic E-state index is -5.06. The predicted octanol–water partition coefficient (Wildman–Crippen LogP) is 1.08. The summed E-state index contributed by atoms with van der Waals surface area (Å²) in [6, 6.07) is 0.0175. The standard InChI is InChI=1S/C13H19F3N2O3/c14-13(15,16)12(20)21-8-11(19)18(7-9-1-2-9)10-3-5-17-6-4-10/h9-10,17H,1-8H2. The van der Waals surface area contributed by atoms with Crippen molar-refractivity contribution in [1.29, 1.82) is 0 Å². The van der Waals surface area contributed by atoms with Crippen LogP contribution in [0.3, 0.4) is 0 Å². The van der Waals surface area contributed by atoms with Gasteiger partial charge in [0.2, 0.25) is 0 Å². The quantitative estimate of drug-likeness (QED) is 0.772. The molecule has 2 rings (SSSR count). The molecule has 0 unspecified atom stereocenters. The van der Waals surface area contributed by atoms with E-state index in [2.05, 4.69) is 10.1 Å². The number of rotatable bonds is 5. The molecule has 1 aliphatic carbocycles. The second kappa shape index (κ2) is 6.64. The van der Waals surface area contributed by atoms with E-state index in [0.717, 1.165) is 38.8 Å². The van der Waals surface area contributed by atoms with Crippen molar-refractivity contribution >= 4 is 11.9 Å². The maximum absolute atomic E-state index is 12.1. The van der Waals surface area contributed by atoms with E-state index in [1.165, 1.54) is 0 Å². The number of amides is 1. The molecule has 2 aliphatic rings. The van der Waals surface area contributed by atoms with Crippen LogP contribution in [0, 0.1) is 5.92 Å². The van der Waals surface area contributed by atoms with Crippen LogP contribution in [-0.2, 0) is 14.3 Å². The number of alkyl halides is 3. The van der Waals surface area contributed by atoms with Crippen LogP contribution >= 0.6 is 0 Å². The summed E-state index contributed by atoms with van der Waals surface area (Å²) in [5, 5.41) is 3.18. The number of esters is 1. The summed E-state index contributed by atoms with van der Waals surface area (Å²) in [4.78, 5) is 24.4. The molecule has 1 N–H and O–H groups in total. The molecule has 0 spiro atoms. The molecule has 1 heterocycles. The first kappa shape index (κ1) is 16.1. The van der Waals surface area contributed by atoms with Crippen molar-refractivity contribution < 1.29 is 27.5 Å². The summed E-state index contributed by atoms with van der Waals surface area (Å²) in [6.07, 6.45) is -1.44. The number of piperidine rings is 1. The number of carbonyl (C=O) groups excluding carboxylic acids is 2. The zero-order chi connectivity index (χ0) is 15.5. The highest BCUT2D eigenvalue weighted by atomic mass is 19.4. The van der Waals surface area contributed by atoms with Crippen molar-refractivity contribution in [3.8, 4) is 0 Å². The first-order chi connectivity index (χ1) is 9.88. The molecule has 2 fully saturated rings. The fourth-order valence-electron chi connectivity index (χ4n) is 2.44. The Morgan fingerprint density at radius 1 is 1.14 bits per heavy atom. The van der Waals surface area contributed by atoms with E-state index in [1.54, 1.807) is 4.90 Å². The number of carbonyl (C=O) groups is 2. The van der Waals surface area contributed by atoms with Gasteiger partial charge in [0.25, 0.3) is 5.91 Å². The molecule has 21 heavy (non-hydrogen) atoms. The van der Waals surface area contributed by atoms with Crippen molar-refractivity contribution in [1.82, 2.24) is 10.2 Å². The van der Waals surface area contributed by atoms with E-state index in [1.807, 2.05) is 0 Å². The van der Waals surface area contributed by atoms with Gasteiger partial charge in [-0.3, -0.25) is 4.79 Å². The highest BCUT2D eigenvalue weighted by Crippen LogP contribution is 2.31. The lowest BCUT2D eigenvalue weighted by Crippen LogP contribution is -2.48. The van der Waals surface area contributed by atoms with Gasteiger partial charge in [0.15, 0.2) is 6.61 Å². The van der Waals surface area contributed by atoms with Gasteiger partial charge in [0.05, 0.1) is 0 Å². The van der Waals surface area contributed by atoms with E-state index >= 15 is 0 Å². The highest BCUT2D eigenvalue weighted by Gasteiger charge is 2.41. The van der Waals surface area contributed by atoms with Crippen molar-refractivity contribution in [2.24, 2.45) is 5.92 Å². The van der Waals surface area contributed by atoms with Crippen molar-refractivity contribution in [3.05, 3.63) is 0 Å². The van der Waals surface area contributed by atoms with E-state index in [-0.39, 0.29) is 6.04 Å². The Morgan fingerprint density at radius 3 is 2.29 bits per heavy atom. The third-order valence-electron chi connectivity index (χ3n) is 3.78. The van der Waals surface area contributed by atoms with Crippen LogP contribution in [0.5, 0.6) is 0 Å². The molecule has 0 atom stereocenters. The fraction of sp³-hybridized carbons (Fsp3) is 0.846. The summed E-state index contributed by atoms with van der Waals surface area (Å²) in [5.74, 6) is -2.42. The molecule has 0 radical (unpaired) electrons. The second-order valence-corrected chi connectivity index (χ2v) is 5.54. The Labute approximate surface area is 120 Å². The van der Waals surface area contributed by atoms with Gasteiger partial charge in [0.1, 0.15) is 0 Å². The van der Waals surface area contributed by atoms with Gasteiger partial charge in [-0.2, -0.15) is 13.2 Å². The largest absolute Gasteiger partial charge is 0.490 e. The Balaban J connectivity index is 1.89. The zero-order valence-corrected chi connectivity index (χ0v) is 11.6. The molecule has 1 amide bonds. The predicted molar refractivity (Wildman–Crippen MR) is 67.3 cm³/mol. The molecule has 5 nitrogen and oxygen atoms in total. The van der Waals surface area contributed by atoms with Gasteiger partial charge in [-0.1, -0.05) is 0 Å². The SMILES string of the molecule is O=C(COC(=O)C(F)(F)F)N(CC1CC1)C1CCNCC1. The van der Waals surface area contributed by atoms with Crippen molar-refractivity contribution in [2.45, 2.75) is 37.9 Å². The van der Waals surface area contributed by atoms with Crippen LogP contribution in [0.25, 0.3) is 0 Å². The number of hydrogen-bond acceptors (Lipinski definition) is 4. The molecule has 1 aliphatic heterocycles. The Kier molecular flexibility index (Phi) is 5.08. The summed E-state index contributed by atoms with van der Waals surface area (Å²) >= 11 is 0. The van der Waals surface area contributed by atoms with Crippen LogP contribution in [0.2, 0.25) is 0 Å². The zero-order valence-electron chi connectivity index (χ0n) is 11.6. The smallest absolute Gasteiger partial charge is 0.449 e. The van der Waals surface area contributed by atoms with Gasteiger partial charge in [0, 0.05) is 12.6 Å². The topological polar surface area (TPSA) is 58.6 Å². The highest BCUT2D eigenvalue weighted by molar-refractivity contribution is 5.82. The van der Waals surface area contributed by atoms with E-state index < -0.39 is 24.7 Å². The molecule has 0 bridgehead atoms. The van der Waals surface area contributed by atoms with E-state index in [4.69, 9.17) is 0 Å². The lowest BCUT2D eigenvalue weighted by atomic mass is 10.0. The van der Waals surface area contributed by atoms with Crippen LogP contribution in [-0.4, -0.2) is 55.2 Å². The van der Waals surface area contributed by atoms with Crippen LogP contribution in [0.15, 0.2) is 0 Å². The Bertz CT molecular complexity index is 391. The second-order valence-electron chi connectivity index (χ2n) is 5.54. The minimum Gasteiger partial charge on any atom is -0.449 e. The van der Waals surface area contributed by atoms with Gasteiger partial charge in [-0.25, -0.2) is 4.79 Å². The summed E-state index contributed by atoms with van der Waals surface area (Å²) in [7, 11) is 0. The Hall–Kier alpha value is -1.31. The normalized spacial score (nSPS) is 20.1. The molecule has 8 heteroatoms. The van der Waals surface area contributed by atoms with Crippen LogP contribution < -0.4 is 5.32 Å². The first-order valence-electron chi connectivity index (χ1n) is 7.12. The number of nitrogens with zero attached hydrogens (tertiary/aromatic N) is 1. The number of ether oxygens (including phenoxy) is 1. The Morgan fingerprint density at radius 2 is 1.76 bits per heavy atom. The first-order valence-corrected chi connectivity index (χ1v) is 7.12. The van der Waals surface area contributed by atoms with Gasteiger partial charge in [-0.15, -0.1) is 0 Å². The summed E-state index contributed by atoms with van der Waals surface area (Å²) in [5.41, 5.74) is 0. The number of nitrogens with one attached hydrogen (secondary N) is 1. The third-order valence-corrected chi connectivity index (χ3v) is 3.78. The molecular weight excluding hydrogens is 289 g/mol. The average Bonchev–Trinajstić information content (AvgIpc) is 3.25. The van der Waals surface area contributed by atoms with Crippen LogP contribution in [0.4, 0.5) is 13.2 Å². The summed E-state index contributed by atoms with van der Waals surface area (Å²) in [6.45, 7) is 1.27. The monoisotopic (exact) mass is 308 g/mol. The molecule has 120 valence electrons. The maximum atomic E-state index is 12.1. The van der Waals surface area contributed by atoms with Gasteiger partial charge in [-0.05, 0) is 44.7 Å².